The molecule has 9 heteroatoms. The van der Waals surface area contributed by atoms with Crippen LogP contribution in [0.25, 0.3) is 22.3 Å². The lowest BCUT2D eigenvalue weighted by atomic mass is 10.2. The van der Waals surface area contributed by atoms with Crippen molar-refractivity contribution in [2.75, 3.05) is 0 Å². The highest BCUT2D eigenvalue weighted by Gasteiger charge is 2.20. The largest absolute Gasteiger partial charge is 0.336 e. The smallest absolute Gasteiger partial charge is 0.292 e. The number of aromatic nitrogens is 5. The third-order valence-electron chi connectivity index (χ3n) is 4.78. The monoisotopic (exact) mass is 441 g/mol. The molecule has 0 aliphatic rings. The fraction of sp³-hybridized carbons (Fsp3) is 0.143. The average molecular weight is 442 g/mol. The third kappa shape index (κ3) is 3.26. The van der Waals surface area contributed by atoms with Gasteiger partial charge in [0.25, 0.3) is 5.56 Å². The number of rotatable bonds is 4. The van der Waals surface area contributed by atoms with Gasteiger partial charge in [0.15, 0.2) is 0 Å². The Bertz CT molecular complexity index is 1390. The van der Waals surface area contributed by atoms with Crippen LogP contribution in [0.4, 0.5) is 0 Å². The Kier molecular flexibility index (Phi) is 5.09. The maximum absolute atomic E-state index is 13.5. The van der Waals surface area contributed by atoms with Crippen LogP contribution in [0.2, 0.25) is 10.0 Å². The number of aryl methyl sites for hydroxylation is 1. The molecule has 0 N–H and O–H groups in total. The van der Waals surface area contributed by atoms with Crippen molar-refractivity contribution in [3.05, 3.63) is 91.6 Å². The highest BCUT2D eigenvalue weighted by atomic mass is 35.5. The van der Waals surface area contributed by atoms with Gasteiger partial charge < -0.3 is 0 Å². The van der Waals surface area contributed by atoms with Gasteiger partial charge in [0.1, 0.15) is 5.69 Å². The van der Waals surface area contributed by atoms with E-state index in [9.17, 15) is 9.59 Å². The van der Waals surface area contributed by atoms with E-state index in [4.69, 9.17) is 23.2 Å². The minimum Gasteiger partial charge on any atom is -0.292 e. The van der Waals surface area contributed by atoms with Crippen LogP contribution in [-0.4, -0.2) is 23.9 Å². The highest BCUT2D eigenvalue weighted by molar-refractivity contribution is 6.42. The summed E-state index contributed by atoms with van der Waals surface area (Å²) in [6.45, 7) is 7.50. The summed E-state index contributed by atoms with van der Waals surface area (Å²) in [6.07, 6.45) is 6.41. The zero-order chi connectivity index (χ0) is 21.6. The molecule has 152 valence electrons. The Labute approximate surface area is 181 Å². The molecule has 0 spiro atoms. The van der Waals surface area contributed by atoms with Crippen LogP contribution < -0.4 is 11.2 Å². The molecular formula is C21H17Cl2N5O2. The molecule has 3 aromatic heterocycles. The van der Waals surface area contributed by atoms with Gasteiger partial charge in [0, 0.05) is 24.3 Å². The van der Waals surface area contributed by atoms with Gasteiger partial charge in [-0.3, -0.25) is 14.3 Å². The number of fused-ring (bicyclic) bond motifs is 1. The molecule has 0 atom stereocenters. The van der Waals surface area contributed by atoms with Gasteiger partial charge in [-0.1, -0.05) is 29.3 Å². The van der Waals surface area contributed by atoms with E-state index < -0.39 is 11.2 Å². The number of hydrogen-bond donors (Lipinski definition) is 0. The van der Waals surface area contributed by atoms with E-state index in [1.165, 1.54) is 15.4 Å². The Morgan fingerprint density at radius 1 is 1.10 bits per heavy atom. The van der Waals surface area contributed by atoms with Gasteiger partial charge in [-0.2, -0.15) is 5.10 Å². The van der Waals surface area contributed by atoms with Crippen LogP contribution in [0.5, 0.6) is 0 Å². The van der Waals surface area contributed by atoms with E-state index in [-0.39, 0.29) is 12.2 Å². The summed E-state index contributed by atoms with van der Waals surface area (Å²) in [5.41, 5.74) is 1.50. The van der Waals surface area contributed by atoms with Crippen LogP contribution in [0.1, 0.15) is 11.3 Å². The average Bonchev–Trinajstić information content (AvgIpc) is 3.07. The number of pyridine rings is 1. The van der Waals surface area contributed by atoms with Crippen molar-refractivity contribution in [1.82, 2.24) is 23.9 Å². The van der Waals surface area contributed by atoms with Crippen molar-refractivity contribution in [1.29, 1.82) is 0 Å². The zero-order valence-corrected chi connectivity index (χ0v) is 17.8. The fourth-order valence-corrected chi connectivity index (χ4v) is 3.70. The maximum Gasteiger partial charge on any atom is 0.336 e. The van der Waals surface area contributed by atoms with E-state index in [0.29, 0.717) is 32.3 Å². The first-order chi connectivity index (χ1) is 14.3. The van der Waals surface area contributed by atoms with E-state index in [0.717, 1.165) is 10.1 Å². The molecule has 0 aliphatic carbocycles. The molecule has 0 bridgehead atoms. The molecule has 0 saturated heterocycles. The lowest BCUT2D eigenvalue weighted by molar-refractivity contribution is 0.651. The lowest BCUT2D eigenvalue weighted by Crippen LogP contribution is -2.42. The molecule has 0 saturated carbocycles. The van der Waals surface area contributed by atoms with E-state index in [1.807, 2.05) is 6.92 Å². The number of hydrogen-bond acceptors (Lipinski definition) is 4. The lowest BCUT2D eigenvalue weighted by Gasteiger charge is -2.16. The summed E-state index contributed by atoms with van der Waals surface area (Å²) >= 11 is 12.2. The number of benzene rings is 1. The van der Waals surface area contributed by atoms with Crippen molar-refractivity contribution in [3.8, 4) is 11.4 Å². The normalized spacial score (nSPS) is 11.2. The number of halogens is 2. The number of allylic oxidation sites excluding steroid dienone is 1. The van der Waals surface area contributed by atoms with Crippen LogP contribution in [-0.2, 0) is 6.54 Å². The molecule has 1 aromatic carbocycles. The van der Waals surface area contributed by atoms with Crippen LogP contribution in [0, 0.1) is 13.8 Å². The Morgan fingerprint density at radius 2 is 1.83 bits per heavy atom. The molecule has 30 heavy (non-hydrogen) atoms. The summed E-state index contributed by atoms with van der Waals surface area (Å²) in [4.78, 5) is 30.7. The first-order valence-corrected chi connectivity index (χ1v) is 9.81. The van der Waals surface area contributed by atoms with Crippen LogP contribution in [0.15, 0.2) is 59.0 Å². The van der Waals surface area contributed by atoms with Crippen LogP contribution in [0.3, 0.4) is 0 Å². The van der Waals surface area contributed by atoms with Crippen molar-refractivity contribution in [2.45, 2.75) is 20.4 Å². The Balaban J connectivity index is 2.08. The maximum atomic E-state index is 13.5. The molecule has 7 nitrogen and oxygen atoms in total. The molecule has 0 radical (unpaired) electrons. The molecule has 4 aromatic rings. The molecule has 0 amide bonds. The highest BCUT2D eigenvalue weighted by Crippen LogP contribution is 2.27. The second-order valence-corrected chi connectivity index (χ2v) is 7.69. The summed E-state index contributed by atoms with van der Waals surface area (Å²) < 4.78 is 4.02. The minimum absolute atomic E-state index is 0.232. The zero-order valence-electron chi connectivity index (χ0n) is 16.3. The summed E-state index contributed by atoms with van der Waals surface area (Å²) in [7, 11) is 0. The van der Waals surface area contributed by atoms with E-state index in [1.54, 1.807) is 43.6 Å². The Hall–Kier alpha value is -3.16. The predicted molar refractivity (Wildman–Crippen MR) is 118 cm³/mol. The van der Waals surface area contributed by atoms with Gasteiger partial charge in [-0.25, -0.2) is 14.0 Å². The minimum atomic E-state index is -0.504. The van der Waals surface area contributed by atoms with Gasteiger partial charge in [-0.15, -0.1) is 6.58 Å². The van der Waals surface area contributed by atoms with E-state index >= 15 is 0 Å². The second kappa shape index (κ2) is 7.59. The van der Waals surface area contributed by atoms with Gasteiger partial charge in [0.2, 0.25) is 0 Å². The summed E-state index contributed by atoms with van der Waals surface area (Å²) in [6, 6.07) is 5.04. The van der Waals surface area contributed by atoms with Gasteiger partial charge >= 0.3 is 5.69 Å². The molecule has 0 fully saturated rings. The van der Waals surface area contributed by atoms with Crippen molar-refractivity contribution < 1.29 is 0 Å². The molecular weight excluding hydrogens is 425 g/mol. The Morgan fingerprint density at radius 3 is 2.53 bits per heavy atom. The molecule has 4 rings (SSSR count). The second-order valence-electron chi connectivity index (χ2n) is 6.88. The summed E-state index contributed by atoms with van der Waals surface area (Å²) in [5.74, 6) is 0. The van der Waals surface area contributed by atoms with Gasteiger partial charge in [0.05, 0.1) is 33.1 Å². The molecule has 0 unspecified atom stereocenters. The molecule has 3 heterocycles. The standard InChI is InChI=1S/C21H17Cl2N5O2/c1-4-5-26-13(3)19(27-11-14-7-16(22)17(23)8-18(14)25-27)20(29)28(21(26)30)15-6-12(2)9-24-10-15/h4,6-11H,1,5H2,2-3H3. The van der Waals surface area contributed by atoms with Gasteiger partial charge in [-0.05, 0) is 37.6 Å². The summed E-state index contributed by atoms with van der Waals surface area (Å²) in [5, 5.41) is 5.97. The first kappa shape index (κ1) is 20.1. The topological polar surface area (TPSA) is 74.7 Å². The van der Waals surface area contributed by atoms with Crippen molar-refractivity contribution in [2.24, 2.45) is 0 Å². The number of nitrogens with zero attached hydrogens (tertiary/aromatic N) is 5. The fourth-order valence-electron chi connectivity index (χ4n) is 3.37. The SMILES string of the molecule is C=CCn1c(C)c(-n2cc3cc(Cl)c(Cl)cc3n2)c(=O)n(-c2cncc(C)c2)c1=O. The van der Waals surface area contributed by atoms with Crippen molar-refractivity contribution >= 4 is 34.1 Å². The third-order valence-corrected chi connectivity index (χ3v) is 5.50. The van der Waals surface area contributed by atoms with Crippen molar-refractivity contribution in [3.63, 3.8) is 0 Å². The quantitative estimate of drug-likeness (QED) is 0.450. The first-order valence-electron chi connectivity index (χ1n) is 9.06. The van der Waals surface area contributed by atoms with E-state index in [2.05, 4.69) is 16.7 Å². The molecule has 0 aliphatic heterocycles. The van der Waals surface area contributed by atoms with Crippen LogP contribution >= 0.6 is 23.2 Å². The predicted octanol–water partition coefficient (Wildman–Crippen LogP) is 3.84.